The van der Waals surface area contributed by atoms with Crippen molar-refractivity contribution in [3.8, 4) is 0 Å². The van der Waals surface area contributed by atoms with E-state index < -0.39 is 5.54 Å². The summed E-state index contributed by atoms with van der Waals surface area (Å²) >= 11 is 0. The van der Waals surface area contributed by atoms with Crippen molar-refractivity contribution >= 4 is 5.97 Å². The Hall–Kier alpha value is -2.13. The molecule has 0 saturated heterocycles. The van der Waals surface area contributed by atoms with Gasteiger partial charge in [0.05, 0.1) is 18.2 Å². The maximum atomic E-state index is 11.4. The largest absolute Gasteiger partial charge is 0.465 e. The first kappa shape index (κ1) is 13.3. The van der Waals surface area contributed by atoms with Crippen molar-refractivity contribution < 1.29 is 9.53 Å². The molecule has 0 aliphatic carbocycles. The fourth-order valence-electron chi connectivity index (χ4n) is 2.02. The Morgan fingerprint density at radius 2 is 1.53 bits per heavy atom. The van der Waals surface area contributed by atoms with Crippen LogP contribution < -0.4 is 5.73 Å². The topological polar surface area (TPSA) is 52.3 Å². The molecule has 0 radical (unpaired) electrons. The van der Waals surface area contributed by atoms with Crippen LogP contribution >= 0.6 is 0 Å². The number of methoxy groups -OCH3 is 1. The molecule has 1 atom stereocenters. The van der Waals surface area contributed by atoms with E-state index in [-0.39, 0.29) is 5.97 Å². The Bertz CT molecular complexity index is 559. The van der Waals surface area contributed by atoms with Crippen molar-refractivity contribution in [2.75, 3.05) is 7.11 Å². The monoisotopic (exact) mass is 255 g/mol. The van der Waals surface area contributed by atoms with Crippen LogP contribution in [0.5, 0.6) is 0 Å². The molecule has 0 aliphatic heterocycles. The highest BCUT2D eigenvalue weighted by atomic mass is 16.5. The van der Waals surface area contributed by atoms with Gasteiger partial charge in [0.1, 0.15) is 0 Å². The standard InChI is InChI=1S/C16H17NO2/c1-16(17,13-6-4-3-5-7-13)14-10-8-12(9-11-14)15(18)19-2/h3-11H,17H2,1-2H3. The molecule has 2 aromatic rings. The summed E-state index contributed by atoms with van der Waals surface area (Å²) in [4.78, 5) is 11.4. The molecule has 0 bridgehead atoms. The van der Waals surface area contributed by atoms with Crippen LogP contribution in [-0.2, 0) is 10.3 Å². The van der Waals surface area contributed by atoms with Crippen molar-refractivity contribution in [3.63, 3.8) is 0 Å². The van der Waals surface area contributed by atoms with E-state index in [9.17, 15) is 4.79 Å². The summed E-state index contributed by atoms with van der Waals surface area (Å²) < 4.78 is 4.68. The minimum Gasteiger partial charge on any atom is -0.465 e. The minimum atomic E-state index is -0.587. The predicted octanol–water partition coefficient (Wildman–Crippen LogP) is 2.70. The Labute approximate surface area is 113 Å². The van der Waals surface area contributed by atoms with Crippen LogP contribution in [-0.4, -0.2) is 13.1 Å². The molecule has 0 aliphatic rings. The lowest BCUT2D eigenvalue weighted by atomic mass is 9.85. The molecule has 2 rings (SSSR count). The summed E-state index contributed by atoms with van der Waals surface area (Å²) in [5.74, 6) is -0.343. The van der Waals surface area contributed by atoms with Gasteiger partial charge in [-0.1, -0.05) is 42.5 Å². The maximum absolute atomic E-state index is 11.4. The van der Waals surface area contributed by atoms with E-state index in [0.717, 1.165) is 11.1 Å². The van der Waals surface area contributed by atoms with E-state index in [0.29, 0.717) is 5.56 Å². The van der Waals surface area contributed by atoms with E-state index in [1.807, 2.05) is 49.4 Å². The van der Waals surface area contributed by atoms with Gasteiger partial charge in [-0.05, 0) is 30.2 Å². The number of rotatable bonds is 3. The zero-order chi connectivity index (χ0) is 13.9. The first-order chi connectivity index (χ1) is 9.05. The van der Waals surface area contributed by atoms with E-state index in [1.54, 1.807) is 12.1 Å². The molecule has 0 spiro atoms. The average molecular weight is 255 g/mol. The number of carbonyl (C=O) groups excluding carboxylic acids is 1. The van der Waals surface area contributed by atoms with Gasteiger partial charge >= 0.3 is 5.97 Å². The quantitative estimate of drug-likeness (QED) is 0.858. The first-order valence-electron chi connectivity index (χ1n) is 6.09. The summed E-state index contributed by atoms with van der Waals surface area (Å²) in [5.41, 5.74) is 8.32. The lowest BCUT2D eigenvalue weighted by Crippen LogP contribution is -2.34. The van der Waals surface area contributed by atoms with Gasteiger partial charge in [0, 0.05) is 0 Å². The van der Waals surface area contributed by atoms with Crippen LogP contribution in [0.3, 0.4) is 0 Å². The van der Waals surface area contributed by atoms with Gasteiger partial charge in [0.25, 0.3) is 0 Å². The lowest BCUT2D eigenvalue weighted by molar-refractivity contribution is 0.0600. The second-order valence-corrected chi connectivity index (χ2v) is 4.64. The molecule has 0 heterocycles. The normalized spacial score (nSPS) is 13.6. The molecule has 2 aromatic carbocycles. The van der Waals surface area contributed by atoms with Crippen molar-refractivity contribution in [1.82, 2.24) is 0 Å². The second-order valence-electron chi connectivity index (χ2n) is 4.64. The first-order valence-corrected chi connectivity index (χ1v) is 6.09. The molecule has 19 heavy (non-hydrogen) atoms. The van der Waals surface area contributed by atoms with Crippen LogP contribution in [0.4, 0.5) is 0 Å². The van der Waals surface area contributed by atoms with Gasteiger partial charge < -0.3 is 10.5 Å². The molecule has 98 valence electrons. The third-order valence-electron chi connectivity index (χ3n) is 3.28. The highest BCUT2D eigenvalue weighted by Gasteiger charge is 2.23. The Morgan fingerprint density at radius 1 is 1.00 bits per heavy atom. The van der Waals surface area contributed by atoms with Gasteiger partial charge in [-0.2, -0.15) is 0 Å². The summed E-state index contributed by atoms with van der Waals surface area (Å²) in [6.07, 6.45) is 0. The number of ether oxygens (including phenoxy) is 1. The van der Waals surface area contributed by atoms with E-state index in [1.165, 1.54) is 7.11 Å². The summed E-state index contributed by atoms with van der Waals surface area (Å²) in [6.45, 7) is 1.95. The summed E-state index contributed by atoms with van der Waals surface area (Å²) in [5, 5.41) is 0. The van der Waals surface area contributed by atoms with E-state index in [2.05, 4.69) is 4.74 Å². The van der Waals surface area contributed by atoms with Gasteiger partial charge in [-0.15, -0.1) is 0 Å². The zero-order valence-corrected chi connectivity index (χ0v) is 11.1. The third kappa shape index (κ3) is 2.66. The lowest BCUT2D eigenvalue weighted by Gasteiger charge is -2.26. The second kappa shape index (κ2) is 5.24. The molecule has 0 saturated carbocycles. The zero-order valence-electron chi connectivity index (χ0n) is 11.1. The van der Waals surface area contributed by atoms with Crippen LogP contribution in [0.25, 0.3) is 0 Å². The molecule has 2 N–H and O–H groups in total. The Morgan fingerprint density at radius 3 is 2.05 bits per heavy atom. The van der Waals surface area contributed by atoms with Gasteiger partial charge in [-0.25, -0.2) is 4.79 Å². The molecule has 0 amide bonds. The van der Waals surface area contributed by atoms with E-state index in [4.69, 9.17) is 5.73 Å². The SMILES string of the molecule is COC(=O)c1ccc(C(C)(N)c2ccccc2)cc1. The van der Waals surface area contributed by atoms with Crippen LogP contribution in [0.15, 0.2) is 54.6 Å². The Balaban J connectivity index is 2.34. The Kier molecular flexibility index (Phi) is 3.67. The molecular formula is C16H17NO2. The third-order valence-corrected chi connectivity index (χ3v) is 3.28. The van der Waals surface area contributed by atoms with Crippen LogP contribution in [0, 0.1) is 0 Å². The summed E-state index contributed by atoms with van der Waals surface area (Å²) in [7, 11) is 1.37. The van der Waals surface area contributed by atoms with Crippen LogP contribution in [0.2, 0.25) is 0 Å². The fourth-order valence-corrected chi connectivity index (χ4v) is 2.02. The molecule has 0 aromatic heterocycles. The van der Waals surface area contributed by atoms with Gasteiger partial charge in [0.2, 0.25) is 0 Å². The minimum absolute atomic E-state index is 0.343. The molecular weight excluding hydrogens is 238 g/mol. The number of benzene rings is 2. The van der Waals surface area contributed by atoms with Crippen molar-refractivity contribution in [1.29, 1.82) is 0 Å². The number of esters is 1. The molecule has 1 unspecified atom stereocenters. The van der Waals surface area contributed by atoms with Gasteiger partial charge in [-0.3, -0.25) is 0 Å². The van der Waals surface area contributed by atoms with Crippen molar-refractivity contribution in [2.45, 2.75) is 12.5 Å². The molecule has 0 fully saturated rings. The number of hydrogen-bond acceptors (Lipinski definition) is 3. The fraction of sp³-hybridized carbons (Fsp3) is 0.188. The van der Waals surface area contributed by atoms with E-state index >= 15 is 0 Å². The predicted molar refractivity (Wildman–Crippen MR) is 74.9 cm³/mol. The van der Waals surface area contributed by atoms with Crippen LogP contribution in [0.1, 0.15) is 28.4 Å². The number of nitrogens with two attached hydrogens (primary N) is 1. The summed E-state index contributed by atoms with van der Waals surface area (Å²) in [6, 6.07) is 17.1. The van der Waals surface area contributed by atoms with Gasteiger partial charge in [0.15, 0.2) is 0 Å². The molecule has 3 heteroatoms. The number of carbonyl (C=O) groups is 1. The number of hydrogen-bond donors (Lipinski definition) is 1. The highest BCUT2D eigenvalue weighted by Crippen LogP contribution is 2.26. The maximum Gasteiger partial charge on any atom is 0.337 e. The average Bonchev–Trinajstić information content (AvgIpc) is 2.47. The van der Waals surface area contributed by atoms with Crippen molar-refractivity contribution in [2.24, 2.45) is 5.73 Å². The smallest absolute Gasteiger partial charge is 0.337 e. The molecule has 3 nitrogen and oxygen atoms in total. The van der Waals surface area contributed by atoms with Crippen molar-refractivity contribution in [3.05, 3.63) is 71.3 Å². The highest BCUT2D eigenvalue weighted by molar-refractivity contribution is 5.89.